The average molecular weight is 220 g/mol. The smallest absolute Gasteiger partial charge is 0.253 e. The molecule has 0 bridgehead atoms. The van der Waals surface area contributed by atoms with Crippen LogP contribution in [-0.2, 0) is 13.0 Å². The minimum absolute atomic E-state index is 0.00117. The Hall–Kier alpha value is -1.88. The zero-order chi connectivity index (χ0) is 11.2. The molecule has 84 valence electrons. The molecule has 0 radical (unpaired) electrons. The molecule has 1 N–H and O–H groups in total. The van der Waals surface area contributed by atoms with E-state index in [9.17, 15) is 0 Å². The molecule has 2 rings (SSSR count). The molecule has 1 heterocycles. The number of rotatable bonds is 5. The number of hydrogen-bond acceptors (Lipinski definition) is 5. The van der Waals surface area contributed by atoms with Gasteiger partial charge in [0.15, 0.2) is 6.61 Å². The lowest BCUT2D eigenvalue weighted by Gasteiger charge is -2.01. The Morgan fingerprint density at radius 1 is 1.12 bits per heavy atom. The number of para-hydroxylation sites is 1. The van der Waals surface area contributed by atoms with Crippen LogP contribution in [0, 0.1) is 0 Å². The minimum Gasteiger partial charge on any atom is -0.484 e. The van der Waals surface area contributed by atoms with Gasteiger partial charge in [0.25, 0.3) is 5.89 Å². The molecule has 2 aromatic rings. The van der Waals surface area contributed by atoms with Gasteiger partial charge in [0.2, 0.25) is 5.89 Å². The maximum Gasteiger partial charge on any atom is 0.253 e. The number of hydrogen-bond donors (Lipinski definition) is 1. The van der Waals surface area contributed by atoms with E-state index in [1.165, 1.54) is 0 Å². The summed E-state index contributed by atoms with van der Waals surface area (Å²) in [5.74, 6) is 1.59. The second-order valence-corrected chi connectivity index (χ2v) is 3.16. The van der Waals surface area contributed by atoms with Gasteiger partial charge in [-0.1, -0.05) is 18.2 Å². The van der Waals surface area contributed by atoms with Crippen LogP contribution >= 0.6 is 0 Å². The normalized spacial score (nSPS) is 10.3. The number of benzene rings is 1. The van der Waals surface area contributed by atoms with Crippen LogP contribution in [0.4, 0.5) is 0 Å². The van der Waals surface area contributed by atoms with Crippen molar-refractivity contribution < 1.29 is 14.3 Å². The van der Waals surface area contributed by atoms with E-state index in [0.717, 1.165) is 5.75 Å². The molecule has 0 aliphatic carbocycles. The quantitative estimate of drug-likeness (QED) is 0.819. The lowest BCUT2D eigenvalue weighted by atomic mass is 10.3. The van der Waals surface area contributed by atoms with Gasteiger partial charge in [0.05, 0.1) is 6.61 Å². The van der Waals surface area contributed by atoms with E-state index in [4.69, 9.17) is 14.3 Å². The van der Waals surface area contributed by atoms with E-state index >= 15 is 0 Å². The van der Waals surface area contributed by atoms with Crippen LogP contribution in [0.15, 0.2) is 34.7 Å². The zero-order valence-corrected chi connectivity index (χ0v) is 8.67. The van der Waals surface area contributed by atoms with Gasteiger partial charge in [-0.2, -0.15) is 0 Å². The first-order valence-corrected chi connectivity index (χ1v) is 4.98. The van der Waals surface area contributed by atoms with Crippen LogP contribution in [0.1, 0.15) is 11.8 Å². The molecule has 0 aliphatic rings. The highest BCUT2D eigenvalue weighted by atomic mass is 16.5. The fourth-order valence-corrected chi connectivity index (χ4v) is 1.21. The van der Waals surface area contributed by atoms with Crippen molar-refractivity contribution in [2.45, 2.75) is 13.0 Å². The van der Waals surface area contributed by atoms with Gasteiger partial charge >= 0.3 is 0 Å². The van der Waals surface area contributed by atoms with Crippen molar-refractivity contribution in [1.29, 1.82) is 0 Å². The lowest BCUT2D eigenvalue weighted by Crippen LogP contribution is -1.95. The molecule has 0 saturated heterocycles. The van der Waals surface area contributed by atoms with Crippen molar-refractivity contribution in [1.82, 2.24) is 10.2 Å². The molecule has 0 aliphatic heterocycles. The maximum atomic E-state index is 8.68. The number of aliphatic hydroxyl groups excluding tert-OH is 1. The number of ether oxygens (including phenoxy) is 1. The first-order valence-electron chi connectivity index (χ1n) is 4.98. The average Bonchev–Trinajstić information content (AvgIpc) is 2.76. The van der Waals surface area contributed by atoms with Gasteiger partial charge in [0.1, 0.15) is 5.75 Å². The van der Waals surface area contributed by atoms with Crippen molar-refractivity contribution in [3.05, 3.63) is 42.1 Å². The van der Waals surface area contributed by atoms with Crippen molar-refractivity contribution in [2.24, 2.45) is 0 Å². The van der Waals surface area contributed by atoms with Crippen LogP contribution in [0.25, 0.3) is 0 Å². The number of nitrogens with zero attached hydrogens (tertiary/aromatic N) is 2. The Bertz CT molecular complexity index is 428. The molecule has 1 aromatic carbocycles. The van der Waals surface area contributed by atoms with Gasteiger partial charge in [-0.05, 0) is 12.1 Å². The standard InChI is InChI=1S/C11H12N2O3/c14-7-6-10-12-13-11(16-10)8-15-9-4-2-1-3-5-9/h1-5,14H,6-8H2. The summed E-state index contributed by atoms with van der Waals surface area (Å²) in [6.07, 6.45) is 0.373. The van der Waals surface area contributed by atoms with Crippen LogP contribution in [-0.4, -0.2) is 21.9 Å². The molecule has 5 nitrogen and oxygen atoms in total. The molecule has 0 unspecified atom stereocenters. The Labute approximate surface area is 92.7 Å². The third kappa shape index (κ3) is 2.80. The SMILES string of the molecule is OCCc1nnc(COc2ccccc2)o1. The Morgan fingerprint density at radius 2 is 1.88 bits per heavy atom. The first kappa shape index (κ1) is 10.6. The van der Waals surface area contributed by atoms with Crippen molar-refractivity contribution in [2.75, 3.05) is 6.61 Å². The summed E-state index contributed by atoms with van der Waals surface area (Å²) in [4.78, 5) is 0. The molecule has 0 amide bonds. The predicted molar refractivity (Wildman–Crippen MR) is 55.9 cm³/mol. The molecular formula is C11H12N2O3. The maximum absolute atomic E-state index is 8.68. The fraction of sp³-hybridized carbons (Fsp3) is 0.273. The van der Waals surface area contributed by atoms with Crippen molar-refractivity contribution in [3.63, 3.8) is 0 Å². The minimum atomic E-state index is 0.00117. The number of aromatic nitrogens is 2. The fourth-order valence-electron chi connectivity index (χ4n) is 1.21. The molecule has 0 spiro atoms. The van der Waals surface area contributed by atoms with Gasteiger partial charge in [-0.25, -0.2) is 0 Å². The van der Waals surface area contributed by atoms with Gasteiger partial charge in [-0.15, -0.1) is 10.2 Å². The summed E-state index contributed by atoms with van der Waals surface area (Å²) in [6, 6.07) is 9.40. The van der Waals surface area contributed by atoms with Gasteiger partial charge in [-0.3, -0.25) is 0 Å². The molecule has 0 fully saturated rings. The molecule has 1 aromatic heterocycles. The zero-order valence-electron chi connectivity index (χ0n) is 8.67. The summed E-state index contributed by atoms with van der Waals surface area (Å²) < 4.78 is 10.7. The Balaban J connectivity index is 1.89. The molecule has 16 heavy (non-hydrogen) atoms. The van der Waals surface area contributed by atoms with Gasteiger partial charge < -0.3 is 14.3 Å². The summed E-state index contributed by atoms with van der Waals surface area (Å²) in [5, 5.41) is 16.2. The van der Waals surface area contributed by atoms with E-state index in [-0.39, 0.29) is 13.2 Å². The third-order valence-corrected chi connectivity index (χ3v) is 1.94. The lowest BCUT2D eigenvalue weighted by molar-refractivity contribution is 0.250. The second kappa shape index (κ2) is 5.27. The van der Waals surface area contributed by atoms with E-state index < -0.39 is 0 Å². The number of aliphatic hydroxyl groups is 1. The Morgan fingerprint density at radius 3 is 2.62 bits per heavy atom. The molecular weight excluding hydrogens is 208 g/mol. The van der Waals surface area contributed by atoms with E-state index in [2.05, 4.69) is 10.2 Å². The monoisotopic (exact) mass is 220 g/mol. The van der Waals surface area contributed by atoms with Crippen LogP contribution in [0.5, 0.6) is 5.75 Å². The highest BCUT2D eigenvalue weighted by Gasteiger charge is 2.05. The van der Waals surface area contributed by atoms with E-state index in [1.54, 1.807) is 0 Å². The van der Waals surface area contributed by atoms with Crippen molar-refractivity contribution >= 4 is 0 Å². The predicted octanol–water partition coefficient (Wildman–Crippen LogP) is 1.18. The summed E-state index contributed by atoms with van der Waals surface area (Å²) >= 11 is 0. The summed E-state index contributed by atoms with van der Waals surface area (Å²) in [7, 11) is 0. The summed E-state index contributed by atoms with van der Waals surface area (Å²) in [5.41, 5.74) is 0. The third-order valence-electron chi connectivity index (χ3n) is 1.94. The van der Waals surface area contributed by atoms with Crippen molar-refractivity contribution in [3.8, 4) is 5.75 Å². The summed E-state index contributed by atoms with van der Waals surface area (Å²) in [6.45, 7) is 0.240. The van der Waals surface area contributed by atoms with Gasteiger partial charge in [0, 0.05) is 6.42 Å². The highest BCUT2D eigenvalue weighted by Crippen LogP contribution is 2.11. The molecule has 0 saturated carbocycles. The molecule has 5 heteroatoms. The Kier molecular flexibility index (Phi) is 3.50. The second-order valence-electron chi connectivity index (χ2n) is 3.16. The highest BCUT2D eigenvalue weighted by molar-refractivity contribution is 5.20. The van der Waals surface area contributed by atoms with Crippen LogP contribution in [0.2, 0.25) is 0 Å². The van der Waals surface area contributed by atoms with Crippen LogP contribution in [0.3, 0.4) is 0 Å². The topological polar surface area (TPSA) is 68.4 Å². The molecule has 0 atom stereocenters. The first-order chi connectivity index (χ1) is 7.88. The van der Waals surface area contributed by atoms with E-state index in [0.29, 0.717) is 18.2 Å². The van der Waals surface area contributed by atoms with E-state index in [1.807, 2.05) is 30.3 Å². The van der Waals surface area contributed by atoms with Crippen LogP contribution < -0.4 is 4.74 Å². The largest absolute Gasteiger partial charge is 0.484 e.